The van der Waals surface area contributed by atoms with Crippen molar-refractivity contribution in [1.82, 2.24) is 10.6 Å². The SMILES string of the molecule is CC(C)[C@@H](NC(=S)NCc1ccccc1)C(=O)O. The molecule has 18 heavy (non-hydrogen) atoms. The van der Waals surface area contributed by atoms with E-state index in [1.807, 2.05) is 44.2 Å². The molecule has 0 aromatic heterocycles. The van der Waals surface area contributed by atoms with Gasteiger partial charge in [-0.05, 0) is 23.7 Å². The number of aliphatic carboxylic acids is 1. The van der Waals surface area contributed by atoms with Crippen molar-refractivity contribution in [2.75, 3.05) is 0 Å². The van der Waals surface area contributed by atoms with E-state index in [9.17, 15) is 4.79 Å². The lowest BCUT2D eigenvalue weighted by molar-refractivity contribution is -0.140. The van der Waals surface area contributed by atoms with Gasteiger partial charge in [0.25, 0.3) is 0 Å². The number of thiocarbonyl (C=S) groups is 1. The molecule has 0 amide bonds. The number of carbonyl (C=O) groups is 1. The van der Waals surface area contributed by atoms with E-state index >= 15 is 0 Å². The second-order valence-corrected chi connectivity index (χ2v) is 4.78. The summed E-state index contributed by atoms with van der Waals surface area (Å²) in [6.07, 6.45) is 0. The molecule has 0 fully saturated rings. The molecule has 0 heterocycles. The highest BCUT2D eigenvalue weighted by atomic mass is 32.1. The summed E-state index contributed by atoms with van der Waals surface area (Å²) < 4.78 is 0. The van der Waals surface area contributed by atoms with Gasteiger partial charge < -0.3 is 15.7 Å². The molecule has 0 aliphatic heterocycles. The van der Waals surface area contributed by atoms with Crippen LogP contribution in [-0.2, 0) is 11.3 Å². The van der Waals surface area contributed by atoms with Crippen LogP contribution in [0.15, 0.2) is 30.3 Å². The molecule has 4 nitrogen and oxygen atoms in total. The molecule has 0 aliphatic rings. The third-order valence-electron chi connectivity index (χ3n) is 2.52. The van der Waals surface area contributed by atoms with Crippen molar-refractivity contribution in [2.45, 2.75) is 26.4 Å². The van der Waals surface area contributed by atoms with E-state index in [2.05, 4.69) is 10.6 Å². The Kier molecular flexibility index (Phi) is 5.58. The molecule has 0 spiro atoms. The summed E-state index contributed by atoms with van der Waals surface area (Å²) in [4.78, 5) is 11.0. The Morgan fingerprint density at radius 1 is 1.33 bits per heavy atom. The topological polar surface area (TPSA) is 61.4 Å². The first kappa shape index (κ1) is 14.4. The molecule has 0 radical (unpaired) electrons. The molecule has 1 atom stereocenters. The van der Waals surface area contributed by atoms with Crippen LogP contribution in [0.5, 0.6) is 0 Å². The van der Waals surface area contributed by atoms with E-state index < -0.39 is 12.0 Å². The van der Waals surface area contributed by atoms with Crippen LogP contribution in [0.3, 0.4) is 0 Å². The first-order valence-electron chi connectivity index (χ1n) is 5.82. The number of hydrogen-bond acceptors (Lipinski definition) is 2. The van der Waals surface area contributed by atoms with Gasteiger partial charge in [-0.2, -0.15) is 0 Å². The number of rotatable bonds is 5. The minimum Gasteiger partial charge on any atom is -0.480 e. The highest BCUT2D eigenvalue weighted by Crippen LogP contribution is 2.02. The van der Waals surface area contributed by atoms with Crippen LogP contribution in [-0.4, -0.2) is 22.2 Å². The molecule has 0 saturated heterocycles. The summed E-state index contributed by atoms with van der Waals surface area (Å²) in [5.41, 5.74) is 1.10. The Bertz CT molecular complexity index is 407. The van der Waals surface area contributed by atoms with Crippen LogP contribution in [0.2, 0.25) is 0 Å². The van der Waals surface area contributed by atoms with Crippen LogP contribution in [0, 0.1) is 5.92 Å². The summed E-state index contributed by atoms with van der Waals surface area (Å²) >= 11 is 5.08. The predicted molar refractivity (Wildman–Crippen MR) is 75.3 cm³/mol. The lowest BCUT2D eigenvalue weighted by atomic mass is 10.1. The van der Waals surface area contributed by atoms with E-state index in [4.69, 9.17) is 17.3 Å². The second-order valence-electron chi connectivity index (χ2n) is 4.37. The molecule has 1 aromatic rings. The summed E-state index contributed by atoms with van der Waals surface area (Å²) in [6, 6.07) is 9.13. The van der Waals surface area contributed by atoms with E-state index in [0.29, 0.717) is 11.7 Å². The van der Waals surface area contributed by atoms with Crippen LogP contribution in [0.4, 0.5) is 0 Å². The first-order chi connectivity index (χ1) is 8.50. The van der Waals surface area contributed by atoms with Crippen LogP contribution in [0.1, 0.15) is 19.4 Å². The van der Waals surface area contributed by atoms with Gasteiger partial charge in [-0.1, -0.05) is 44.2 Å². The van der Waals surface area contributed by atoms with Crippen molar-refractivity contribution in [1.29, 1.82) is 0 Å². The molecule has 0 bridgehead atoms. The van der Waals surface area contributed by atoms with E-state index in [0.717, 1.165) is 5.56 Å². The van der Waals surface area contributed by atoms with E-state index in [1.165, 1.54) is 0 Å². The van der Waals surface area contributed by atoms with Gasteiger partial charge in [-0.15, -0.1) is 0 Å². The molecule has 98 valence electrons. The van der Waals surface area contributed by atoms with Crippen molar-refractivity contribution in [2.24, 2.45) is 5.92 Å². The zero-order valence-corrected chi connectivity index (χ0v) is 11.3. The van der Waals surface area contributed by atoms with E-state index in [-0.39, 0.29) is 5.92 Å². The number of benzene rings is 1. The van der Waals surface area contributed by atoms with Gasteiger partial charge in [0.1, 0.15) is 6.04 Å². The summed E-state index contributed by atoms with van der Waals surface area (Å²) in [6.45, 7) is 4.26. The molecular formula is C13H18N2O2S. The highest BCUT2D eigenvalue weighted by Gasteiger charge is 2.21. The maximum atomic E-state index is 11.0. The second kappa shape index (κ2) is 6.96. The third kappa shape index (κ3) is 4.71. The molecule has 1 aromatic carbocycles. The van der Waals surface area contributed by atoms with Gasteiger partial charge in [0, 0.05) is 6.54 Å². The van der Waals surface area contributed by atoms with Crippen molar-refractivity contribution >= 4 is 23.3 Å². The minimum absolute atomic E-state index is 0.0287. The van der Waals surface area contributed by atoms with Gasteiger partial charge in [0.15, 0.2) is 5.11 Å². The lowest BCUT2D eigenvalue weighted by Gasteiger charge is -2.20. The molecular weight excluding hydrogens is 248 g/mol. The van der Waals surface area contributed by atoms with Crippen LogP contribution < -0.4 is 10.6 Å². The number of nitrogens with one attached hydrogen (secondary N) is 2. The molecule has 1 rings (SSSR count). The first-order valence-corrected chi connectivity index (χ1v) is 6.22. The lowest BCUT2D eigenvalue weighted by Crippen LogP contribution is -2.48. The number of carboxylic acids is 1. The standard InChI is InChI=1S/C13H18N2O2S/c1-9(2)11(12(16)17)15-13(18)14-8-10-6-4-3-5-7-10/h3-7,9,11H,8H2,1-2H3,(H,16,17)(H2,14,15,18)/t11-/m1/s1. The fourth-order valence-corrected chi connectivity index (χ4v) is 1.68. The fraction of sp³-hybridized carbons (Fsp3) is 0.385. The van der Waals surface area contributed by atoms with Crippen molar-refractivity contribution in [3.63, 3.8) is 0 Å². The summed E-state index contributed by atoms with van der Waals surface area (Å²) in [5.74, 6) is -0.923. The number of hydrogen-bond donors (Lipinski definition) is 3. The Labute approximate surface area is 112 Å². The van der Waals surface area contributed by atoms with E-state index in [1.54, 1.807) is 0 Å². The average molecular weight is 266 g/mol. The average Bonchev–Trinajstić information content (AvgIpc) is 2.34. The predicted octanol–water partition coefficient (Wildman–Crippen LogP) is 1.76. The minimum atomic E-state index is -0.895. The van der Waals surface area contributed by atoms with Gasteiger partial charge in [-0.25, -0.2) is 4.79 Å². The summed E-state index contributed by atoms with van der Waals surface area (Å²) in [7, 11) is 0. The third-order valence-corrected chi connectivity index (χ3v) is 2.78. The Morgan fingerprint density at radius 2 is 1.94 bits per heavy atom. The Morgan fingerprint density at radius 3 is 2.44 bits per heavy atom. The van der Waals surface area contributed by atoms with Gasteiger partial charge in [-0.3, -0.25) is 0 Å². The quantitative estimate of drug-likeness (QED) is 0.709. The van der Waals surface area contributed by atoms with Gasteiger partial charge >= 0.3 is 5.97 Å². The molecule has 0 unspecified atom stereocenters. The molecule has 5 heteroatoms. The Hall–Kier alpha value is -1.62. The zero-order chi connectivity index (χ0) is 13.5. The Balaban J connectivity index is 2.44. The normalized spacial score (nSPS) is 11.9. The molecule has 0 aliphatic carbocycles. The zero-order valence-electron chi connectivity index (χ0n) is 10.5. The maximum absolute atomic E-state index is 11.0. The maximum Gasteiger partial charge on any atom is 0.326 e. The van der Waals surface area contributed by atoms with Crippen LogP contribution in [0.25, 0.3) is 0 Å². The summed E-state index contributed by atoms with van der Waals surface area (Å²) in [5, 5.41) is 15.2. The van der Waals surface area contributed by atoms with Crippen molar-refractivity contribution in [3.05, 3.63) is 35.9 Å². The smallest absolute Gasteiger partial charge is 0.326 e. The van der Waals surface area contributed by atoms with Gasteiger partial charge in [0.05, 0.1) is 0 Å². The molecule has 3 N–H and O–H groups in total. The highest BCUT2D eigenvalue weighted by molar-refractivity contribution is 7.80. The van der Waals surface area contributed by atoms with Crippen molar-refractivity contribution < 1.29 is 9.90 Å². The van der Waals surface area contributed by atoms with Crippen LogP contribution >= 0.6 is 12.2 Å². The number of carboxylic acid groups (broad SMARTS) is 1. The van der Waals surface area contributed by atoms with Gasteiger partial charge in [0.2, 0.25) is 0 Å². The largest absolute Gasteiger partial charge is 0.480 e. The molecule has 0 saturated carbocycles. The fourth-order valence-electron chi connectivity index (χ4n) is 1.48. The van der Waals surface area contributed by atoms with Crippen molar-refractivity contribution in [3.8, 4) is 0 Å². The monoisotopic (exact) mass is 266 g/mol.